The maximum atomic E-state index is 12.1. The molecule has 6 heteroatoms. The molecule has 1 heterocycles. The monoisotopic (exact) mass is 396 g/mol. The summed E-state index contributed by atoms with van der Waals surface area (Å²) in [5.74, 6) is 0.651. The van der Waals surface area contributed by atoms with E-state index >= 15 is 0 Å². The maximum Gasteiger partial charge on any atom is 0.220 e. The molecule has 154 valence electrons. The third-order valence-corrected chi connectivity index (χ3v) is 5.64. The van der Waals surface area contributed by atoms with Crippen molar-refractivity contribution in [3.05, 3.63) is 54.1 Å². The molecular formula is C23H28N2O4. The van der Waals surface area contributed by atoms with E-state index in [4.69, 9.17) is 4.74 Å². The van der Waals surface area contributed by atoms with Gasteiger partial charge in [-0.05, 0) is 28.8 Å². The van der Waals surface area contributed by atoms with E-state index in [1.54, 1.807) is 18.9 Å². The molecule has 1 aliphatic rings. The highest BCUT2D eigenvalue weighted by molar-refractivity contribution is 5.77. The van der Waals surface area contributed by atoms with Gasteiger partial charge in [-0.25, -0.2) is 0 Å². The highest BCUT2D eigenvalue weighted by Crippen LogP contribution is 2.41. The summed E-state index contributed by atoms with van der Waals surface area (Å²) in [5, 5.41) is 12.8. The van der Waals surface area contributed by atoms with Crippen LogP contribution in [0.25, 0.3) is 11.1 Å². The quantitative estimate of drug-likeness (QED) is 0.754. The second-order valence-electron chi connectivity index (χ2n) is 7.28. The largest absolute Gasteiger partial charge is 0.497 e. The molecule has 3 rings (SSSR count). The van der Waals surface area contributed by atoms with Crippen LogP contribution in [0.2, 0.25) is 0 Å². The summed E-state index contributed by atoms with van der Waals surface area (Å²) >= 11 is 0. The molecule has 29 heavy (non-hydrogen) atoms. The second-order valence-corrected chi connectivity index (χ2v) is 7.28. The van der Waals surface area contributed by atoms with Crippen molar-refractivity contribution in [1.29, 1.82) is 0 Å². The topological polar surface area (TPSA) is 78.9 Å². The Bertz CT molecular complexity index is 848. The molecule has 6 nitrogen and oxygen atoms in total. The van der Waals surface area contributed by atoms with Crippen LogP contribution in [0.4, 0.5) is 0 Å². The van der Waals surface area contributed by atoms with Crippen molar-refractivity contribution < 1.29 is 19.4 Å². The summed E-state index contributed by atoms with van der Waals surface area (Å²) in [6.45, 7) is 3.57. The van der Waals surface area contributed by atoms with E-state index in [0.717, 1.165) is 22.4 Å². The number of aliphatic hydroxyl groups excluding tert-OH is 1. The zero-order chi connectivity index (χ0) is 21.0. The lowest BCUT2D eigenvalue weighted by Gasteiger charge is -2.54. The van der Waals surface area contributed by atoms with Gasteiger partial charge in [0.1, 0.15) is 5.75 Å². The number of rotatable bonds is 7. The van der Waals surface area contributed by atoms with E-state index in [1.165, 1.54) is 6.92 Å². The number of ether oxygens (including phenoxy) is 1. The van der Waals surface area contributed by atoms with Crippen molar-refractivity contribution in [3.8, 4) is 16.9 Å². The van der Waals surface area contributed by atoms with Gasteiger partial charge in [-0.15, -0.1) is 0 Å². The number of hydrogen-bond acceptors (Lipinski definition) is 4. The van der Waals surface area contributed by atoms with Crippen molar-refractivity contribution in [2.75, 3.05) is 20.3 Å². The number of nitrogens with zero attached hydrogens (tertiary/aromatic N) is 1. The molecule has 0 saturated carbocycles. The van der Waals surface area contributed by atoms with Crippen molar-refractivity contribution in [1.82, 2.24) is 10.2 Å². The Hall–Kier alpha value is -2.86. The second kappa shape index (κ2) is 9.09. The molecule has 3 atom stereocenters. The molecule has 0 radical (unpaired) electrons. The van der Waals surface area contributed by atoms with Crippen LogP contribution in [0.1, 0.15) is 31.7 Å². The first-order chi connectivity index (χ1) is 14.0. The van der Waals surface area contributed by atoms with Crippen LogP contribution in [0.15, 0.2) is 48.5 Å². The van der Waals surface area contributed by atoms with E-state index < -0.39 is 0 Å². The molecule has 0 bridgehead atoms. The first-order valence-corrected chi connectivity index (χ1v) is 9.91. The van der Waals surface area contributed by atoms with Gasteiger partial charge in [0.25, 0.3) is 0 Å². The molecule has 0 aliphatic carbocycles. The number of carbonyl (C=O) groups is 2. The van der Waals surface area contributed by atoms with Gasteiger partial charge in [0.05, 0.1) is 25.8 Å². The molecule has 0 spiro atoms. The van der Waals surface area contributed by atoms with Crippen molar-refractivity contribution in [2.45, 2.75) is 38.3 Å². The number of nitrogens with one attached hydrogen (secondary N) is 1. The predicted octanol–water partition coefficient (Wildman–Crippen LogP) is 2.56. The summed E-state index contributed by atoms with van der Waals surface area (Å²) in [6.07, 6.45) is 0.400. The number of aliphatic hydroxyl groups is 1. The average Bonchev–Trinajstić information content (AvgIpc) is 2.73. The molecule has 1 fully saturated rings. The Morgan fingerprint density at radius 3 is 2.10 bits per heavy atom. The average molecular weight is 396 g/mol. The van der Waals surface area contributed by atoms with Gasteiger partial charge in [-0.1, -0.05) is 43.3 Å². The zero-order valence-electron chi connectivity index (χ0n) is 17.1. The van der Waals surface area contributed by atoms with Crippen LogP contribution in [-0.2, 0) is 9.59 Å². The highest BCUT2D eigenvalue weighted by atomic mass is 16.5. The fourth-order valence-corrected chi connectivity index (χ4v) is 4.11. The summed E-state index contributed by atoms with van der Waals surface area (Å²) in [6, 6.07) is 15.6. The zero-order valence-corrected chi connectivity index (χ0v) is 17.1. The van der Waals surface area contributed by atoms with Gasteiger partial charge >= 0.3 is 0 Å². The fraction of sp³-hybridized carbons (Fsp3) is 0.391. The van der Waals surface area contributed by atoms with Crippen LogP contribution < -0.4 is 10.1 Å². The number of likely N-dealkylation sites (tertiary alicyclic amines) is 1. The highest BCUT2D eigenvalue weighted by Gasteiger charge is 2.49. The van der Waals surface area contributed by atoms with E-state index in [1.807, 2.05) is 48.5 Å². The van der Waals surface area contributed by atoms with Crippen molar-refractivity contribution >= 4 is 11.8 Å². The Kier molecular flexibility index (Phi) is 6.54. The minimum absolute atomic E-state index is 0.0222. The predicted molar refractivity (Wildman–Crippen MR) is 112 cm³/mol. The molecule has 2 aromatic rings. The van der Waals surface area contributed by atoms with Crippen LogP contribution in [-0.4, -0.2) is 54.2 Å². The van der Waals surface area contributed by atoms with Crippen LogP contribution >= 0.6 is 0 Å². The number of methoxy groups -OCH3 is 1. The number of benzene rings is 2. The summed E-state index contributed by atoms with van der Waals surface area (Å²) in [5.41, 5.74) is 3.21. The Morgan fingerprint density at radius 1 is 1.03 bits per heavy atom. The van der Waals surface area contributed by atoms with Gasteiger partial charge in [0.2, 0.25) is 11.8 Å². The molecule has 2 amide bonds. The molecular weight excluding hydrogens is 368 g/mol. The summed E-state index contributed by atoms with van der Waals surface area (Å²) in [7, 11) is 1.64. The normalized spacial score (nSPS) is 20.7. The summed E-state index contributed by atoms with van der Waals surface area (Å²) in [4.78, 5) is 25.5. The van der Waals surface area contributed by atoms with E-state index in [-0.39, 0.29) is 36.4 Å². The van der Waals surface area contributed by atoms with Crippen LogP contribution in [0.5, 0.6) is 5.75 Å². The van der Waals surface area contributed by atoms with Crippen molar-refractivity contribution in [3.63, 3.8) is 0 Å². The Morgan fingerprint density at radius 2 is 1.62 bits per heavy atom. The van der Waals surface area contributed by atoms with E-state index in [9.17, 15) is 14.7 Å². The molecule has 0 aromatic heterocycles. The summed E-state index contributed by atoms with van der Waals surface area (Å²) < 4.78 is 5.21. The molecule has 0 unspecified atom stereocenters. The third-order valence-electron chi connectivity index (χ3n) is 5.64. The lowest BCUT2D eigenvalue weighted by molar-refractivity contribution is -0.148. The van der Waals surface area contributed by atoms with Crippen molar-refractivity contribution in [2.24, 2.45) is 0 Å². The van der Waals surface area contributed by atoms with Gasteiger partial charge in [-0.2, -0.15) is 0 Å². The standard InChI is InChI=1S/C23H28N2O4/c1-4-22(28)24-13-20-23(21(14-26)25(20)15(2)27)18-7-5-16(6-8-18)17-9-11-19(29-3)12-10-17/h5-12,20-21,23,26H,4,13-14H2,1-3H3,(H,24,28)/t20-,21-,23-/m1/s1. The number of amides is 2. The van der Waals surface area contributed by atoms with Gasteiger partial charge in [0, 0.05) is 25.8 Å². The minimum Gasteiger partial charge on any atom is -0.497 e. The SMILES string of the molecule is CCC(=O)NC[C@@H]1[C@@H](c2ccc(-c3ccc(OC)cc3)cc2)[C@@H](CO)N1C(C)=O. The van der Waals surface area contributed by atoms with E-state index in [0.29, 0.717) is 13.0 Å². The molecule has 1 saturated heterocycles. The molecule has 1 aliphatic heterocycles. The first kappa shape index (κ1) is 20.9. The third kappa shape index (κ3) is 4.27. The van der Waals surface area contributed by atoms with Gasteiger partial charge in [0.15, 0.2) is 0 Å². The maximum absolute atomic E-state index is 12.1. The number of hydrogen-bond donors (Lipinski definition) is 2. The van der Waals surface area contributed by atoms with E-state index in [2.05, 4.69) is 5.32 Å². The molecule has 2 aromatic carbocycles. The minimum atomic E-state index is -0.275. The Balaban J connectivity index is 1.81. The number of carbonyl (C=O) groups excluding carboxylic acids is 2. The fourth-order valence-electron chi connectivity index (χ4n) is 4.11. The first-order valence-electron chi connectivity index (χ1n) is 9.91. The van der Waals surface area contributed by atoms with Gasteiger partial charge in [-0.3, -0.25) is 9.59 Å². The van der Waals surface area contributed by atoms with Crippen LogP contribution in [0, 0.1) is 0 Å². The smallest absolute Gasteiger partial charge is 0.220 e. The lowest BCUT2D eigenvalue weighted by Crippen LogP contribution is -2.68. The van der Waals surface area contributed by atoms with Gasteiger partial charge < -0.3 is 20.1 Å². The molecule has 2 N–H and O–H groups in total. The lowest BCUT2D eigenvalue weighted by atomic mass is 9.74. The Labute approximate surface area is 171 Å². The van der Waals surface area contributed by atoms with Crippen LogP contribution in [0.3, 0.4) is 0 Å².